The zero-order valence-electron chi connectivity index (χ0n) is 8.53. The van der Waals surface area contributed by atoms with E-state index in [1.54, 1.807) is 11.3 Å². The van der Waals surface area contributed by atoms with Crippen molar-refractivity contribution >= 4 is 27.3 Å². The maximum atomic E-state index is 4.33. The Morgan fingerprint density at radius 2 is 2.00 bits per heavy atom. The highest BCUT2D eigenvalue weighted by Crippen LogP contribution is 2.30. The average Bonchev–Trinajstić information content (AvgIpc) is 2.66. The Hall–Kier alpha value is -0.670. The van der Waals surface area contributed by atoms with E-state index in [2.05, 4.69) is 52.1 Å². The smallest absolute Gasteiger partial charge is 0.0976 e. The number of hydrogen-bond acceptors (Lipinski definition) is 2. The lowest BCUT2D eigenvalue weighted by molar-refractivity contribution is 0.922. The lowest BCUT2D eigenvalue weighted by Crippen LogP contribution is -1.83. The molecule has 0 bridgehead atoms. The van der Waals surface area contributed by atoms with E-state index in [1.165, 1.54) is 17.5 Å². The Balaban J connectivity index is 2.28. The Morgan fingerprint density at radius 1 is 1.27 bits per heavy atom. The van der Waals surface area contributed by atoms with E-state index in [9.17, 15) is 0 Å². The average molecular weight is 282 g/mol. The van der Waals surface area contributed by atoms with Crippen molar-refractivity contribution in [3.8, 4) is 11.3 Å². The van der Waals surface area contributed by atoms with E-state index < -0.39 is 0 Å². The maximum absolute atomic E-state index is 4.33. The topological polar surface area (TPSA) is 12.9 Å². The van der Waals surface area contributed by atoms with Gasteiger partial charge in [-0.3, -0.25) is 0 Å². The van der Waals surface area contributed by atoms with Crippen molar-refractivity contribution in [1.29, 1.82) is 0 Å². The summed E-state index contributed by atoms with van der Waals surface area (Å²) in [4.78, 5) is 4.33. The normalized spacial score (nSPS) is 10.5. The van der Waals surface area contributed by atoms with Gasteiger partial charge >= 0.3 is 0 Å². The molecule has 15 heavy (non-hydrogen) atoms. The number of hydrogen-bond donors (Lipinski definition) is 0. The van der Waals surface area contributed by atoms with Gasteiger partial charge in [-0.05, 0) is 27.9 Å². The summed E-state index contributed by atoms with van der Waals surface area (Å²) in [5, 5.41) is 0. The van der Waals surface area contributed by atoms with Crippen LogP contribution in [0.2, 0.25) is 0 Å². The monoisotopic (exact) mass is 281 g/mol. The van der Waals surface area contributed by atoms with Crippen molar-refractivity contribution in [1.82, 2.24) is 4.98 Å². The minimum absolute atomic E-state index is 1.04. The zero-order valence-corrected chi connectivity index (χ0v) is 10.9. The van der Waals surface area contributed by atoms with Crippen molar-refractivity contribution in [3.05, 3.63) is 39.1 Å². The van der Waals surface area contributed by atoms with Crippen LogP contribution in [0.1, 0.15) is 18.9 Å². The van der Waals surface area contributed by atoms with Gasteiger partial charge < -0.3 is 0 Å². The molecule has 2 rings (SSSR count). The zero-order chi connectivity index (χ0) is 10.7. The van der Waals surface area contributed by atoms with E-state index in [4.69, 9.17) is 0 Å². The van der Waals surface area contributed by atoms with Crippen molar-refractivity contribution in [2.75, 3.05) is 0 Å². The van der Waals surface area contributed by atoms with Gasteiger partial charge in [0, 0.05) is 5.56 Å². The SMILES string of the molecule is CCCc1ccc(-c2ncsc2Br)cc1. The third-order valence-electron chi connectivity index (χ3n) is 2.29. The van der Waals surface area contributed by atoms with Crippen LogP contribution in [0.15, 0.2) is 33.6 Å². The highest BCUT2D eigenvalue weighted by molar-refractivity contribution is 9.11. The minimum atomic E-state index is 1.04. The predicted molar refractivity (Wildman–Crippen MR) is 69.2 cm³/mol. The molecule has 0 saturated carbocycles. The second kappa shape index (κ2) is 4.90. The predicted octanol–water partition coefficient (Wildman–Crippen LogP) is 4.53. The van der Waals surface area contributed by atoms with E-state index in [-0.39, 0.29) is 0 Å². The first kappa shape index (κ1) is 10.8. The van der Waals surface area contributed by atoms with Crippen LogP contribution < -0.4 is 0 Å². The van der Waals surface area contributed by atoms with Gasteiger partial charge in [-0.15, -0.1) is 11.3 Å². The van der Waals surface area contributed by atoms with Gasteiger partial charge in [-0.25, -0.2) is 4.98 Å². The van der Waals surface area contributed by atoms with Crippen molar-refractivity contribution < 1.29 is 0 Å². The molecule has 0 aliphatic heterocycles. The van der Waals surface area contributed by atoms with Crippen molar-refractivity contribution in [2.24, 2.45) is 0 Å². The summed E-state index contributed by atoms with van der Waals surface area (Å²) in [6, 6.07) is 8.66. The molecule has 0 aliphatic rings. The molecule has 0 fully saturated rings. The summed E-state index contributed by atoms with van der Waals surface area (Å²) in [5.41, 5.74) is 5.48. The van der Waals surface area contributed by atoms with Crippen molar-refractivity contribution in [2.45, 2.75) is 19.8 Å². The molecule has 78 valence electrons. The van der Waals surface area contributed by atoms with Gasteiger partial charge in [-0.2, -0.15) is 0 Å². The molecule has 0 amide bonds. The molecule has 1 nitrogen and oxygen atoms in total. The molecule has 0 atom stereocenters. The third kappa shape index (κ3) is 2.47. The number of aryl methyl sites for hydroxylation is 1. The summed E-state index contributed by atoms with van der Waals surface area (Å²) in [6.45, 7) is 2.20. The Labute approximate surface area is 102 Å². The third-order valence-corrected chi connectivity index (χ3v) is 3.84. The van der Waals surface area contributed by atoms with Crippen LogP contribution in [-0.4, -0.2) is 4.98 Å². The van der Waals surface area contributed by atoms with Crippen LogP contribution in [-0.2, 0) is 6.42 Å². The lowest BCUT2D eigenvalue weighted by Gasteiger charge is -2.01. The summed E-state index contributed by atoms with van der Waals surface area (Å²) in [5.74, 6) is 0. The summed E-state index contributed by atoms with van der Waals surface area (Å²) < 4.78 is 1.10. The first-order chi connectivity index (χ1) is 7.31. The first-order valence-electron chi connectivity index (χ1n) is 4.99. The number of rotatable bonds is 3. The summed E-state index contributed by atoms with van der Waals surface area (Å²) in [6.07, 6.45) is 2.35. The fraction of sp³-hybridized carbons (Fsp3) is 0.250. The molecular formula is C12H12BrNS. The van der Waals surface area contributed by atoms with E-state index in [0.717, 1.165) is 15.9 Å². The molecular weight excluding hydrogens is 270 g/mol. The molecule has 0 aliphatic carbocycles. The van der Waals surface area contributed by atoms with Crippen LogP contribution in [0.3, 0.4) is 0 Å². The number of aromatic nitrogens is 1. The fourth-order valence-corrected chi connectivity index (χ4v) is 2.65. The van der Waals surface area contributed by atoms with E-state index in [1.807, 2.05) is 5.51 Å². The molecule has 0 radical (unpaired) electrons. The number of benzene rings is 1. The Morgan fingerprint density at radius 3 is 2.53 bits per heavy atom. The molecule has 2 aromatic rings. The molecule has 1 aromatic carbocycles. The molecule has 3 heteroatoms. The van der Waals surface area contributed by atoms with Gasteiger partial charge in [0.2, 0.25) is 0 Å². The molecule has 0 spiro atoms. The largest absolute Gasteiger partial charge is 0.243 e. The van der Waals surface area contributed by atoms with E-state index in [0.29, 0.717) is 0 Å². The van der Waals surface area contributed by atoms with E-state index >= 15 is 0 Å². The highest BCUT2D eigenvalue weighted by Gasteiger charge is 2.05. The van der Waals surface area contributed by atoms with Gasteiger partial charge in [0.1, 0.15) is 0 Å². The van der Waals surface area contributed by atoms with Crippen LogP contribution in [0.25, 0.3) is 11.3 Å². The molecule has 0 saturated heterocycles. The minimum Gasteiger partial charge on any atom is -0.243 e. The number of nitrogens with zero attached hydrogens (tertiary/aromatic N) is 1. The van der Waals surface area contributed by atoms with Gasteiger partial charge in [0.25, 0.3) is 0 Å². The van der Waals surface area contributed by atoms with Crippen LogP contribution in [0.4, 0.5) is 0 Å². The molecule has 1 heterocycles. The van der Waals surface area contributed by atoms with Crippen LogP contribution in [0.5, 0.6) is 0 Å². The Kier molecular flexibility index (Phi) is 3.54. The standard InChI is InChI=1S/C12H12BrNS/c1-2-3-9-4-6-10(7-5-9)11-12(13)15-8-14-11/h4-8H,2-3H2,1H3. The summed E-state index contributed by atoms with van der Waals surface area (Å²) in [7, 11) is 0. The fourth-order valence-electron chi connectivity index (χ4n) is 1.54. The van der Waals surface area contributed by atoms with Crippen LogP contribution >= 0.6 is 27.3 Å². The van der Waals surface area contributed by atoms with Gasteiger partial charge in [0.05, 0.1) is 15.0 Å². The maximum Gasteiger partial charge on any atom is 0.0976 e. The second-order valence-corrected chi connectivity index (χ2v) is 5.59. The summed E-state index contributed by atoms with van der Waals surface area (Å²) >= 11 is 5.13. The quantitative estimate of drug-likeness (QED) is 0.806. The lowest BCUT2D eigenvalue weighted by atomic mass is 10.1. The number of thiazole rings is 1. The first-order valence-corrected chi connectivity index (χ1v) is 6.67. The Bertz CT molecular complexity index is 433. The van der Waals surface area contributed by atoms with Crippen LogP contribution in [0, 0.1) is 0 Å². The van der Waals surface area contributed by atoms with Gasteiger partial charge in [0.15, 0.2) is 0 Å². The number of halogens is 1. The molecule has 1 aromatic heterocycles. The van der Waals surface area contributed by atoms with Gasteiger partial charge in [-0.1, -0.05) is 37.6 Å². The molecule has 0 N–H and O–H groups in total. The van der Waals surface area contributed by atoms with Crippen molar-refractivity contribution in [3.63, 3.8) is 0 Å². The molecule has 0 unspecified atom stereocenters. The highest BCUT2D eigenvalue weighted by atomic mass is 79.9. The second-order valence-electron chi connectivity index (χ2n) is 3.42.